The summed E-state index contributed by atoms with van der Waals surface area (Å²) in [5.41, 5.74) is 4.47. The quantitative estimate of drug-likeness (QED) is 0.300. The van der Waals surface area contributed by atoms with Crippen LogP contribution in [0.5, 0.6) is 5.75 Å². The normalized spacial score (nSPS) is 12.8. The number of amides is 1. The van der Waals surface area contributed by atoms with Crippen LogP contribution in [-0.2, 0) is 4.79 Å². The van der Waals surface area contributed by atoms with Crippen molar-refractivity contribution in [3.05, 3.63) is 89.6 Å². The zero-order valence-corrected chi connectivity index (χ0v) is 20.8. The maximum Gasteiger partial charge on any atom is 0.308 e. The minimum atomic E-state index is -0.938. The van der Waals surface area contributed by atoms with E-state index in [-0.39, 0.29) is 18.6 Å². The summed E-state index contributed by atoms with van der Waals surface area (Å²) in [7, 11) is 0. The molecule has 0 aliphatic rings. The summed E-state index contributed by atoms with van der Waals surface area (Å²) < 4.78 is 8.28. The number of hydrogen-bond donors (Lipinski definition) is 2. The van der Waals surface area contributed by atoms with Crippen molar-refractivity contribution in [3.8, 4) is 11.4 Å². The summed E-state index contributed by atoms with van der Waals surface area (Å²) in [4.78, 5) is 23.3. The first-order valence-electron chi connectivity index (χ1n) is 12.2. The van der Waals surface area contributed by atoms with Gasteiger partial charge in [-0.2, -0.15) is 5.10 Å². The molecule has 0 saturated carbocycles. The summed E-state index contributed by atoms with van der Waals surface area (Å²) in [6.45, 7) is 5.80. The SMILES string of the molecule is CCCC(Oc1ccc(-n2cc3ccccc3n2)c(C)c1)c1ccc(C(=O)NCC(C)C(=O)O)cc1. The molecule has 186 valence electrons. The van der Waals surface area contributed by atoms with Crippen LogP contribution in [0.2, 0.25) is 0 Å². The Morgan fingerprint density at radius 1 is 1.08 bits per heavy atom. The molecule has 0 spiro atoms. The van der Waals surface area contributed by atoms with Crippen molar-refractivity contribution in [2.24, 2.45) is 5.92 Å². The molecule has 36 heavy (non-hydrogen) atoms. The first kappa shape index (κ1) is 25.0. The molecule has 1 amide bonds. The largest absolute Gasteiger partial charge is 0.486 e. The van der Waals surface area contributed by atoms with E-state index in [0.717, 1.165) is 46.3 Å². The van der Waals surface area contributed by atoms with Gasteiger partial charge in [-0.15, -0.1) is 0 Å². The molecule has 2 N–H and O–H groups in total. The second-order valence-electron chi connectivity index (χ2n) is 9.05. The van der Waals surface area contributed by atoms with E-state index in [1.54, 1.807) is 19.1 Å². The molecule has 0 bridgehead atoms. The lowest BCUT2D eigenvalue weighted by molar-refractivity contribution is -0.140. The monoisotopic (exact) mass is 485 g/mol. The molecular formula is C29H31N3O4. The maximum atomic E-state index is 12.4. The van der Waals surface area contributed by atoms with Gasteiger partial charge in [-0.3, -0.25) is 9.59 Å². The van der Waals surface area contributed by atoms with Crippen LogP contribution >= 0.6 is 0 Å². The van der Waals surface area contributed by atoms with E-state index in [1.165, 1.54) is 0 Å². The van der Waals surface area contributed by atoms with E-state index in [0.29, 0.717) is 5.56 Å². The van der Waals surface area contributed by atoms with Gasteiger partial charge in [-0.05, 0) is 60.9 Å². The summed E-state index contributed by atoms with van der Waals surface area (Å²) in [5, 5.41) is 17.4. The van der Waals surface area contributed by atoms with Crippen molar-refractivity contribution in [2.75, 3.05) is 6.54 Å². The number of nitrogens with zero attached hydrogens (tertiary/aromatic N) is 2. The third kappa shape index (κ3) is 5.74. The van der Waals surface area contributed by atoms with Gasteiger partial charge in [0.05, 0.1) is 17.1 Å². The van der Waals surface area contributed by atoms with Crippen molar-refractivity contribution in [3.63, 3.8) is 0 Å². The molecule has 7 nitrogen and oxygen atoms in total. The smallest absolute Gasteiger partial charge is 0.308 e. The molecule has 0 radical (unpaired) electrons. The highest BCUT2D eigenvalue weighted by atomic mass is 16.5. The molecule has 4 rings (SSSR count). The van der Waals surface area contributed by atoms with Gasteiger partial charge in [-0.25, -0.2) is 4.68 Å². The minimum Gasteiger partial charge on any atom is -0.486 e. The molecule has 1 heterocycles. The van der Waals surface area contributed by atoms with Crippen molar-refractivity contribution in [1.29, 1.82) is 0 Å². The van der Waals surface area contributed by atoms with Gasteiger partial charge in [0, 0.05) is 23.7 Å². The highest BCUT2D eigenvalue weighted by Gasteiger charge is 2.16. The van der Waals surface area contributed by atoms with Crippen LogP contribution in [0, 0.1) is 12.8 Å². The third-order valence-electron chi connectivity index (χ3n) is 6.19. The number of benzene rings is 3. The first-order valence-corrected chi connectivity index (χ1v) is 12.2. The predicted octanol–water partition coefficient (Wildman–Crippen LogP) is 5.70. The second-order valence-corrected chi connectivity index (χ2v) is 9.05. The fraction of sp³-hybridized carbons (Fsp3) is 0.276. The zero-order chi connectivity index (χ0) is 25.7. The molecule has 0 aliphatic carbocycles. The van der Waals surface area contributed by atoms with Crippen molar-refractivity contribution < 1.29 is 19.4 Å². The number of aliphatic carboxylic acids is 1. The molecule has 3 aromatic carbocycles. The number of hydrogen-bond acceptors (Lipinski definition) is 4. The molecule has 7 heteroatoms. The maximum absolute atomic E-state index is 12.4. The third-order valence-corrected chi connectivity index (χ3v) is 6.19. The van der Waals surface area contributed by atoms with Crippen LogP contribution in [0.25, 0.3) is 16.6 Å². The Kier molecular flexibility index (Phi) is 7.68. The number of carboxylic acid groups (broad SMARTS) is 1. The molecular weight excluding hydrogens is 454 g/mol. The van der Waals surface area contributed by atoms with Crippen molar-refractivity contribution in [1.82, 2.24) is 15.1 Å². The summed E-state index contributed by atoms with van der Waals surface area (Å²) in [6.07, 6.45) is 3.64. The molecule has 0 fully saturated rings. The Hall–Kier alpha value is -4.13. The number of carbonyl (C=O) groups excluding carboxylic acids is 1. The number of rotatable bonds is 10. The van der Waals surface area contributed by atoms with E-state index in [4.69, 9.17) is 9.84 Å². The number of ether oxygens (including phenoxy) is 1. The van der Waals surface area contributed by atoms with Gasteiger partial charge >= 0.3 is 5.97 Å². The van der Waals surface area contributed by atoms with E-state index in [2.05, 4.69) is 17.3 Å². The lowest BCUT2D eigenvalue weighted by atomic mass is 10.0. The number of aromatic nitrogens is 2. The minimum absolute atomic E-state index is 0.0847. The number of nitrogens with one attached hydrogen (secondary N) is 1. The van der Waals surface area contributed by atoms with Crippen LogP contribution in [0.15, 0.2) is 72.9 Å². The molecule has 2 atom stereocenters. The molecule has 4 aromatic rings. The summed E-state index contributed by atoms with van der Waals surface area (Å²) >= 11 is 0. The molecule has 0 aliphatic heterocycles. The van der Waals surface area contributed by atoms with Crippen LogP contribution < -0.4 is 10.1 Å². The molecule has 1 aromatic heterocycles. The standard InChI is InChI=1S/C29H31N3O4/c1-4-7-27(21-10-12-22(13-11-21)28(33)30-17-20(3)29(34)35)36-24-14-15-26(19(2)16-24)32-18-23-8-5-6-9-25(23)31-32/h5-6,8-16,18,20,27H,4,7,17H2,1-3H3,(H,30,33)(H,34,35). The Bertz CT molecular complexity index is 1330. The highest BCUT2D eigenvalue weighted by molar-refractivity contribution is 5.94. The Balaban J connectivity index is 1.47. The average molecular weight is 486 g/mol. The fourth-order valence-electron chi connectivity index (χ4n) is 4.05. The van der Waals surface area contributed by atoms with E-state index in [1.807, 2.05) is 72.4 Å². The number of fused-ring (bicyclic) bond motifs is 1. The first-order chi connectivity index (χ1) is 17.4. The summed E-state index contributed by atoms with van der Waals surface area (Å²) in [6, 6.07) is 21.3. The van der Waals surface area contributed by atoms with Crippen LogP contribution in [0.3, 0.4) is 0 Å². The topological polar surface area (TPSA) is 93.5 Å². The fourth-order valence-corrected chi connectivity index (χ4v) is 4.05. The number of aryl methyl sites for hydroxylation is 1. The highest BCUT2D eigenvalue weighted by Crippen LogP contribution is 2.29. The van der Waals surface area contributed by atoms with Gasteiger partial charge in [0.1, 0.15) is 11.9 Å². The van der Waals surface area contributed by atoms with E-state index in [9.17, 15) is 9.59 Å². The van der Waals surface area contributed by atoms with E-state index >= 15 is 0 Å². The number of carboxylic acids is 1. The second kappa shape index (κ2) is 11.1. The lowest BCUT2D eigenvalue weighted by Gasteiger charge is -2.20. The van der Waals surface area contributed by atoms with Gasteiger partial charge in [0.2, 0.25) is 0 Å². The van der Waals surface area contributed by atoms with Gasteiger partial charge in [-0.1, -0.05) is 50.6 Å². The average Bonchev–Trinajstić information content (AvgIpc) is 3.31. The van der Waals surface area contributed by atoms with Crippen LogP contribution in [0.4, 0.5) is 0 Å². The lowest BCUT2D eigenvalue weighted by Crippen LogP contribution is -2.31. The number of carbonyl (C=O) groups is 2. The molecule has 2 unspecified atom stereocenters. The van der Waals surface area contributed by atoms with Crippen LogP contribution in [0.1, 0.15) is 54.3 Å². The molecule has 0 saturated heterocycles. The van der Waals surface area contributed by atoms with Gasteiger partial charge in [0.15, 0.2) is 0 Å². The Morgan fingerprint density at radius 3 is 2.50 bits per heavy atom. The Labute approximate surface area is 210 Å². The predicted molar refractivity (Wildman–Crippen MR) is 140 cm³/mol. The van der Waals surface area contributed by atoms with E-state index < -0.39 is 11.9 Å². The van der Waals surface area contributed by atoms with Crippen molar-refractivity contribution in [2.45, 2.75) is 39.7 Å². The van der Waals surface area contributed by atoms with Crippen molar-refractivity contribution >= 4 is 22.8 Å². The summed E-state index contributed by atoms with van der Waals surface area (Å²) in [5.74, 6) is -1.10. The van der Waals surface area contributed by atoms with Gasteiger partial charge in [0.25, 0.3) is 5.91 Å². The Morgan fingerprint density at radius 2 is 1.83 bits per heavy atom. The van der Waals surface area contributed by atoms with Gasteiger partial charge < -0.3 is 15.2 Å². The van der Waals surface area contributed by atoms with Crippen LogP contribution in [-0.4, -0.2) is 33.3 Å². The zero-order valence-electron chi connectivity index (χ0n) is 20.8.